The van der Waals surface area contributed by atoms with Crippen LogP contribution in [0, 0.1) is 20.8 Å². The van der Waals surface area contributed by atoms with E-state index in [0.29, 0.717) is 35.7 Å². The molecule has 2 heterocycles. The lowest BCUT2D eigenvalue weighted by atomic mass is 10.0. The fraction of sp³-hybridized carbons (Fsp3) is 0.400. The van der Waals surface area contributed by atoms with Crippen LogP contribution in [0.15, 0.2) is 33.2 Å². The molecule has 2 amide bonds. The average Bonchev–Trinajstić information content (AvgIpc) is 2.87. The molecule has 1 aliphatic heterocycles. The van der Waals surface area contributed by atoms with Gasteiger partial charge in [-0.3, -0.25) is 9.59 Å². The van der Waals surface area contributed by atoms with Crippen LogP contribution in [0.25, 0.3) is 0 Å². The summed E-state index contributed by atoms with van der Waals surface area (Å²) >= 11 is 3.45. The molecule has 0 bridgehead atoms. The van der Waals surface area contributed by atoms with Gasteiger partial charge in [-0.05, 0) is 61.2 Å². The third-order valence-electron chi connectivity index (χ3n) is 4.91. The summed E-state index contributed by atoms with van der Waals surface area (Å²) in [5.74, 6) is 1.28. The first-order chi connectivity index (χ1) is 12.4. The predicted octanol–water partition coefficient (Wildman–Crippen LogP) is 4.00. The zero-order valence-electron chi connectivity index (χ0n) is 15.3. The van der Waals surface area contributed by atoms with E-state index in [1.807, 2.05) is 43.0 Å². The first kappa shape index (κ1) is 18.7. The number of benzene rings is 1. The number of nitrogens with zero attached hydrogens (tertiary/aromatic N) is 1. The molecule has 0 aliphatic carbocycles. The minimum Gasteiger partial charge on any atom is -0.465 e. The Morgan fingerprint density at radius 1 is 1.12 bits per heavy atom. The smallest absolute Gasteiger partial charge is 0.258 e. The van der Waals surface area contributed by atoms with Gasteiger partial charge in [0.25, 0.3) is 11.8 Å². The normalized spacial score (nSPS) is 15.2. The highest BCUT2D eigenvalue weighted by atomic mass is 79.9. The average molecular weight is 419 g/mol. The molecule has 2 aromatic rings. The van der Waals surface area contributed by atoms with Gasteiger partial charge >= 0.3 is 0 Å². The highest BCUT2D eigenvalue weighted by Crippen LogP contribution is 2.29. The summed E-state index contributed by atoms with van der Waals surface area (Å²) in [5, 5.41) is 3.10. The van der Waals surface area contributed by atoms with E-state index in [-0.39, 0.29) is 17.9 Å². The van der Waals surface area contributed by atoms with Gasteiger partial charge in [-0.2, -0.15) is 0 Å². The number of likely N-dealkylation sites (tertiary alicyclic amines) is 1. The van der Waals surface area contributed by atoms with E-state index >= 15 is 0 Å². The first-order valence-corrected chi connectivity index (χ1v) is 9.59. The summed E-state index contributed by atoms with van der Waals surface area (Å²) in [6, 6.07) is 7.65. The van der Waals surface area contributed by atoms with Crippen molar-refractivity contribution in [2.24, 2.45) is 0 Å². The van der Waals surface area contributed by atoms with Crippen LogP contribution in [0.4, 0.5) is 0 Å². The maximum absolute atomic E-state index is 12.8. The Morgan fingerprint density at radius 3 is 2.35 bits per heavy atom. The first-order valence-electron chi connectivity index (χ1n) is 8.79. The van der Waals surface area contributed by atoms with Gasteiger partial charge in [0.2, 0.25) is 0 Å². The fourth-order valence-corrected chi connectivity index (χ4v) is 3.91. The number of rotatable bonds is 3. The quantitative estimate of drug-likeness (QED) is 0.818. The summed E-state index contributed by atoms with van der Waals surface area (Å²) in [7, 11) is 0. The summed E-state index contributed by atoms with van der Waals surface area (Å²) < 4.78 is 6.27. The van der Waals surface area contributed by atoms with Crippen LogP contribution in [0.2, 0.25) is 0 Å². The number of hydrogen-bond acceptors (Lipinski definition) is 3. The third-order valence-corrected chi connectivity index (χ3v) is 5.86. The van der Waals surface area contributed by atoms with E-state index in [4.69, 9.17) is 4.42 Å². The molecule has 1 aromatic carbocycles. The van der Waals surface area contributed by atoms with Gasteiger partial charge in [0.15, 0.2) is 0 Å². The number of amides is 2. The Morgan fingerprint density at radius 2 is 1.77 bits per heavy atom. The van der Waals surface area contributed by atoms with Crippen LogP contribution in [0.5, 0.6) is 0 Å². The van der Waals surface area contributed by atoms with Crippen molar-refractivity contribution in [2.75, 3.05) is 13.1 Å². The highest BCUT2D eigenvalue weighted by Gasteiger charge is 2.29. The number of piperidine rings is 1. The topological polar surface area (TPSA) is 62.6 Å². The van der Waals surface area contributed by atoms with Gasteiger partial charge in [-0.1, -0.05) is 18.2 Å². The molecule has 26 heavy (non-hydrogen) atoms. The molecule has 138 valence electrons. The molecule has 1 N–H and O–H groups in total. The molecule has 1 aliphatic rings. The van der Waals surface area contributed by atoms with E-state index in [9.17, 15) is 9.59 Å². The molecule has 1 aromatic heterocycles. The van der Waals surface area contributed by atoms with Crippen LogP contribution in [0.1, 0.15) is 50.6 Å². The van der Waals surface area contributed by atoms with Crippen molar-refractivity contribution in [2.45, 2.75) is 39.7 Å². The molecular weight excluding hydrogens is 396 g/mol. The summed E-state index contributed by atoms with van der Waals surface area (Å²) in [4.78, 5) is 27.1. The predicted molar refractivity (Wildman–Crippen MR) is 103 cm³/mol. The molecule has 0 unspecified atom stereocenters. The molecule has 1 saturated heterocycles. The number of aryl methyl sites for hydroxylation is 3. The molecule has 0 saturated carbocycles. The molecule has 1 fully saturated rings. The Balaban J connectivity index is 1.60. The van der Waals surface area contributed by atoms with Gasteiger partial charge in [0, 0.05) is 24.7 Å². The standard InChI is InChI=1S/C20H23BrN2O3/c1-12-6-4-5-7-16(12)19(24)22-15-8-10-23(11-9-15)20(25)17-13(2)26-14(3)18(17)21/h4-7,15H,8-11H2,1-3H3,(H,22,24). The summed E-state index contributed by atoms with van der Waals surface area (Å²) in [5.41, 5.74) is 2.28. The highest BCUT2D eigenvalue weighted by molar-refractivity contribution is 9.10. The van der Waals surface area contributed by atoms with Crippen molar-refractivity contribution < 1.29 is 14.0 Å². The number of hydrogen-bond donors (Lipinski definition) is 1. The number of carbonyl (C=O) groups excluding carboxylic acids is 2. The number of halogens is 1. The van der Waals surface area contributed by atoms with Crippen molar-refractivity contribution >= 4 is 27.7 Å². The number of furan rings is 1. The van der Waals surface area contributed by atoms with Crippen LogP contribution in [-0.2, 0) is 0 Å². The second-order valence-corrected chi connectivity index (χ2v) is 7.55. The molecule has 0 radical (unpaired) electrons. The van der Waals surface area contributed by atoms with Crippen molar-refractivity contribution in [3.05, 3.63) is 56.9 Å². The van der Waals surface area contributed by atoms with Gasteiger partial charge in [-0.15, -0.1) is 0 Å². The van der Waals surface area contributed by atoms with Crippen LogP contribution in [-0.4, -0.2) is 35.8 Å². The van der Waals surface area contributed by atoms with Crippen LogP contribution >= 0.6 is 15.9 Å². The SMILES string of the molecule is Cc1ccccc1C(=O)NC1CCN(C(=O)c2c(C)oc(C)c2Br)CC1. The lowest BCUT2D eigenvalue weighted by Crippen LogP contribution is -2.46. The lowest BCUT2D eigenvalue weighted by molar-refractivity contribution is 0.0695. The largest absolute Gasteiger partial charge is 0.465 e. The zero-order valence-corrected chi connectivity index (χ0v) is 16.9. The van der Waals surface area contributed by atoms with Crippen molar-refractivity contribution in [1.29, 1.82) is 0 Å². The van der Waals surface area contributed by atoms with Crippen LogP contribution in [0.3, 0.4) is 0 Å². The fourth-order valence-electron chi connectivity index (χ4n) is 3.38. The van der Waals surface area contributed by atoms with Gasteiger partial charge < -0.3 is 14.6 Å². The molecule has 3 rings (SSSR count). The minimum atomic E-state index is -0.0445. The number of nitrogens with one attached hydrogen (secondary N) is 1. The lowest BCUT2D eigenvalue weighted by Gasteiger charge is -2.32. The number of carbonyl (C=O) groups is 2. The second-order valence-electron chi connectivity index (χ2n) is 6.76. The molecule has 5 nitrogen and oxygen atoms in total. The van der Waals surface area contributed by atoms with E-state index < -0.39 is 0 Å². The van der Waals surface area contributed by atoms with E-state index in [1.54, 1.807) is 6.92 Å². The second kappa shape index (κ2) is 7.66. The van der Waals surface area contributed by atoms with Gasteiger partial charge in [0.1, 0.15) is 11.5 Å². The van der Waals surface area contributed by atoms with Crippen molar-refractivity contribution in [3.8, 4) is 0 Å². The summed E-state index contributed by atoms with van der Waals surface area (Å²) in [6.45, 7) is 6.81. The van der Waals surface area contributed by atoms with Crippen molar-refractivity contribution in [3.63, 3.8) is 0 Å². The molecule has 0 atom stereocenters. The zero-order chi connectivity index (χ0) is 18.8. The van der Waals surface area contributed by atoms with Gasteiger partial charge in [0.05, 0.1) is 10.0 Å². The van der Waals surface area contributed by atoms with Crippen LogP contribution < -0.4 is 5.32 Å². The van der Waals surface area contributed by atoms with Gasteiger partial charge in [-0.25, -0.2) is 0 Å². The molecule has 0 spiro atoms. The minimum absolute atomic E-state index is 0.0186. The maximum atomic E-state index is 12.8. The Bertz CT molecular complexity index is 836. The Labute approximate surface area is 161 Å². The Kier molecular flexibility index (Phi) is 5.51. The van der Waals surface area contributed by atoms with E-state index in [1.165, 1.54) is 0 Å². The molecule has 6 heteroatoms. The molecular formula is C20H23BrN2O3. The third kappa shape index (κ3) is 3.70. The maximum Gasteiger partial charge on any atom is 0.258 e. The monoisotopic (exact) mass is 418 g/mol. The van der Waals surface area contributed by atoms with E-state index in [0.717, 1.165) is 22.9 Å². The summed E-state index contributed by atoms with van der Waals surface area (Å²) in [6.07, 6.45) is 1.49. The van der Waals surface area contributed by atoms with E-state index in [2.05, 4.69) is 21.2 Å². The van der Waals surface area contributed by atoms with Crippen molar-refractivity contribution in [1.82, 2.24) is 10.2 Å². The Hall–Kier alpha value is -2.08.